The van der Waals surface area contributed by atoms with Gasteiger partial charge in [0.2, 0.25) is 5.91 Å². The molecule has 0 aliphatic heterocycles. The maximum atomic E-state index is 11.3. The number of likely N-dealkylation sites (N-methyl/N-ethyl adjacent to an activating group) is 1. The number of hydrogen-bond donors (Lipinski definition) is 2. The van der Waals surface area contributed by atoms with Crippen LogP contribution >= 0.6 is 0 Å². The Morgan fingerprint density at radius 3 is 2.36 bits per heavy atom. The number of hydrogen-bond acceptors (Lipinski definition) is 2. The van der Waals surface area contributed by atoms with Crippen LogP contribution in [0.5, 0.6) is 0 Å². The monoisotopic (exact) mass is 200 g/mol. The molecule has 0 aliphatic rings. The molecule has 0 saturated carbocycles. The fraction of sp³-hybridized carbons (Fsp3) is 0.909. The van der Waals surface area contributed by atoms with Crippen molar-refractivity contribution >= 4 is 5.91 Å². The topological polar surface area (TPSA) is 41.1 Å². The van der Waals surface area contributed by atoms with E-state index in [-0.39, 0.29) is 5.91 Å². The number of carbonyl (C=O) groups excluding carboxylic acids is 1. The Balaban J connectivity index is 3.50. The van der Waals surface area contributed by atoms with Gasteiger partial charge in [-0.15, -0.1) is 0 Å². The van der Waals surface area contributed by atoms with Gasteiger partial charge in [0.05, 0.1) is 6.54 Å². The van der Waals surface area contributed by atoms with Crippen molar-refractivity contribution in [1.82, 2.24) is 10.6 Å². The van der Waals surface area contributed by atoms with Gasteiger partial charge in [-0.05, 0) is 32.2 Å². The van der Waals surface area contributed by atoms with Gasteiger partial charge in [-0.3, -0.25) is 4.79 Å². The van der Waals surface area contributed by atoms with Crippen molar-refractivity contribution in [2.24, 2.45) is 5.92 Å². The summed E-state index contributed by atoms with van der Waals surface area (Å²) in [5.41, 5.74) is 0. The lowest BCUT2D eigenvalue weighted by Crippen LogP contribution is -2.39. The lowest BCUT2D eigenvalue weighted by molar-refractivity contribution is -0.120. The maximum Gasteiger partial charge on any atom is 0.234 e. The number of carbonyl (C=O) groups is 1. The average Bonchev–Trinajstić information content (AvgIpc) is 2.11. The molecule has 0 aliphatic carbocycles. The van der Waals surface area contributed by atoms with E-state index in [1.54, 1.807) is 0 Å². The fourth-order valence-electron chi connectivity index (χ4n) is 1.22. The molecule has 0 heterocycles. The van der Waals surface area contributed by atoms with Gasteiger partial charge in [0.15, 0.2) is 0 Å². The van der Waals surface area contributed by atoms with Crippen molar-refractivity contribution in [3.63, 3.8) is 0 Å². The fourth-order valence-corrected chi connectivity index (χ4v) is 1.22. The Morgan fingerprint density at radius 1 is 1.21 bits per heavy atom. The molecule has 0 fully saturated rings. The second-order valence-corrected chi connectivity index (χ2v) is 4.22. The van der Waals surface area contributed by atoms with E-state index >= 15 is 0 Å². The lowest BCUT2D eigenvalue weighted by atomic mass is 10.0. The molecule has 3 nitrogen and oxygen atoms in total. The molecule has 2 N–H and O–H groups in total. The summed E-state index contributed by atoms with van der Waals surface area (Å²) in [6.07, 6.45) is 2.23. The van der Waals surface area contributed by atoms with E-state index in [0.29, 0.717) is 18.5 Å². The molecule has 1 unspecified atom stereocenters. The zero-order chi connectivity index (χ0) is 11.0. The molecule has 0 spiro atoms. The smallest absolute Gasteiger partial charge is 0.234 e. The number of nitrogens with one attached hydrogen (secondary N) is 2. The number of amides is 1. The first-order valence-corrected chi connectivity index (χ1v) is 5.56. The molecule has 0 radical (unpaired) electrons. The zero-order valence-corrected chi connectivity index (χ0v) is 9.89. The van der Waals surface area contributed by atoms with Crippen LogP contribution < -0.4 is 10.6 Å². The molecule has 84 valence electrons. The first kappa shape index (κ1) is 13.4. The van der Waals surface area contributed by atoms with Crippen molar-refractivity contribution in [2.45, 2.75) is 46.6 Å². The molecule has 1 amide bonds. The van der Waals surface area contributed by atoms with Gasteiger partial charge in [0.25, 0.3) is 0 Å². The first-order valence-electron chi connectivity index (χ1n) is 5.56. The summed E-state index contributed by atoms with van der Waals surface area (Å²) in [6, 6.07) is 0.295. The van der Waals surface area contributed by atoms with Crippen molar-refractivity contribution < 1.29 is 4.79 Å². The van der Waals surface area contributed by atoms with Crippen molar-refractivity contribution in [2.75, 3.05) is 13.1 Å². The molecule has 3 heteroatoms. The van der Waals surface area contributed by atoms with E-state index in [0.717, 1.165) is 13.0 Å². The van der Waals surface area contributed by atoms with Crippen LogP contribution in [0, 0.1) is 5.92 Å². The Bertz CT molecular complexity index is 157. The van der Waals surface area contributed by atoms with E-state index in [9.17, 15) is 4.79 Å². The van der Waals surface area contributed by atoms with E-state index in [2.05, 4.69) is 31.4 Å². The highest BCUT2D eigenvalue weighted by Crippen LogP contribution is 2.05. The zero-order valence-electron chi connectivity index (χ0n) is 9.89. The van der Waals surface area contributed by atoms with Crippen molar-refractivity contribution in [1.29, 1.82) is 0 Å². The SMILES string of the molecule is CCNCC(=O)NC(C)CCC(C)C. The van der Waals surface area contributed by atoms with Crippen LogP contribution in [0.1, 0.15) is 40.5 Å². The van der Waals surface area contributed by atoms with E-state index in [1.165, 1.54) is 6.42 Å². The molecule has 14 heavy (non-hydrogen) atoms. The lowest BCUT2D eigenvalue weighted by Gasteiger charge is -2.15. The normalized spacial score (nSPS) is 12.9. The predicted octanol–water partition coefficient (Wildman–Crippen LogP) is 1.54. The average molecular weight is 200 g/mol. The molecule has 0 aromatic heterocycles. The van der Waals surface area contributed by atoms with E-state index in [4.69, 9.17) is 0 Å². The van der Waals surface area contributed by atoms with Crippen LogP contribution in [-0.2, 0) is 4.79 Å². The van der Waals surface area contributed by atoms with Gasteiger partial charge in [0, 0.05) is 6.04 Å². The van der Waals surface area contributed by atoms with Gasteiger partial charge in [-0.25, -0.2) is 0 Å². The predicted molar refractivity (Wildman–Crippen MR) is 60.2 cm³/mol. The quantitative estimate of drug-likeness (QED) is 0.654. The summed E-state index contributed by atoms with van der Waals surface area (Å²) in [7, 11) is 0. The first-order chi connectivity index (χ1) is 6.56. The summed E-state index contributed by atoms with van der Waals surface area (Å²) in [4.78, 5) is 11.3. The van der Waals surface area contributed by atoms with Gasteiger partial charge in [-0.1, -0.05) is 20.8 Å². The van der Waals surface area contributed by atoms with E-state index < -0.39 is 0 Å². The molecular formula is C11H24N2O. The van der Waals surface area contributed by atoms with Crippen LogP contribution in [0.2, 0.25) is 0 Å². The highest BCUT2D eigenvalue weighted by Gasteiger charge is 2.06. The Kier molecular flexibility index (Phi) is 7.48. The molecule has 1 atom stereocenters. The summed E-state index contributed by atoms with van der Waals surface area (Å²) in [6.45, 7) is 9.73. The van der Waals surface area contributed by atoms with Gasteiger partial charge >= 0.3 is 0 Å². The summed E-state index contributed by atoms with van der Waals surface area (Å²) in [5, 5.41) is 5.97. The molecule has 0 aromatic carbocycles. The van der Waals surface area contributed by atoms with Gasteiger partial charge in [0.1, 0.15) is 0 Å². The van der Waals surface area contributed by atoms with Crippen molar-refractivity contribution in [3.8, 4) is 0 Å². The number of rotatable bonds is 7. The molecule has 0 saturated heterocycles. The summed E-state index contributed by atoms with van der Waals surface area (Å²) < 4.78 is 0. The largest absolute Gasteiger partial charge is 0.353 e. The molecular weight excluding hydrogens is 176 g/mol. The van der Waals surface area contributed by atoms with Crippen LogP contribution in [0.25, 0.3) is 0 Å². The minimum Gasteiger partial charge on any atom is -0.353 e. The van der Waals surface area contributed by atoms with Gasteiger partial charge < -0.3 is 10.6 Å². The Hall–Kier alpha value is -0.570. The second kappa shape index (κ2) is 7.80. The Morgan fingerprint density at radius 2 is 1.86 bits per heavy atom. The van der Waals surface area contributed by atoms with E-state index in [1.807, 2.05) is 6.92 Å². The molecule has 0 aromatic rings. The minimum absolute atomic E-state index is 0.100. The second-order valence-electron chi connectivity index (χ2n) is 4.22. The standard InChI is InChI=1S/C11H24N2O/c1-5-12-8-11(14)13-10(4)7-6-9(2)3/h9-10,12H,5-8H2,1-4H3,(H,13,14). The Labute approximate surface area is 87.6 Å². The molecule has 0 bridgehead atoms. The van der Waals surface area contributed by atoms with Crippen LogP contribution in [0.3, 0.4) is 0 Å². The van der Waals surface area contributed by atoms with Crippen molar-refractivity contribution in [3.05, 3.63) is 0 Å². The van der Waals surface area contributed by atoms with Crippen LogP contribution in [0.15, 0.2) is 0 Å². The highest BCUT2D eigenvalue weighted by molar-refractivity contribution is 5.78. The highest BCUT2D eigenvalue weighted by atomic mass is 16.1. The van der Waals surface area contributed by atoms with Gasteiger partial charge in [-0.2, -0.15) is 0 Å². The third-order valence-electron chi connectivity index (χ3n) is 2.12. The summed E-state index contributed by atoms with van der Waals surface area (Å²) in [5.74, 6) is 0.811. The molecule has 0 rings (SSSR count). The third-order valence-corrected chi connectivity index (χ3v) is 2.12. The van der Waals surface area contributed by atoms with Crippen LogP contribution in [0.4, 0.5) is 0 Å². The van der Waals surface area contributed by atoms with Crippen LogP contribution in [-0.4, -0.2) is 25.0 Å². The minimum atomic E-state index is 0.100. The maximum absolute atomic E-state index is 11.3. The third kappa shape index (κ3) is 8.05. The summed E-state index contributed by atoms with van der Waals surface area (Å²) >= 11 is 0.